The molecule has 1 aromatic heterocycles. The molecule has 30 heavy (non-hydrogen) atoms. The summed E-state index contributed by atoms with van der Waals surface area (Å²) in [6.45, 7) is 1.40. The predicted octanol–water partition coefficient (Wildman–Crippen LogP) is 3.94. The second kappa shape index (κ2) is 9.39. The molecule has 154 valence electrons. The number of hydrogen-bond donors (Lipinski definition) is 0. The normalized spacial score (nSPS) is 16.2. The highest BCUT2D eigenvalue weighted by atomic mass is 16.5. The van der Waals surface area contributed by atoms with E-state index in [1.807, 2.05) is 59.5 Å². The molecule has 4 rings (SSSR count). The molecule has 1 fully saturated rings. The van der Waals surface area contributed by atoms with Crippen LogP contribution in [0.4, 0.5) is 0 Å². The molecule has 0 radical (unpaired) electrons. The number of nitrogens with zero attached hydrogens (tertiary/aromatic N) is 3. The number of ether oxygens (including phenoxy) is 2. The molecule has 1 aliphatic heterocycles. The maximum atomic E-state index is 12.7. The minimum atomic E-state index is -0.00428. The number of amides is 1. The van der Waals surface area contributed by atoms with E-state index in [1.54, 1.807) is 19.5 Å². The van der Waals surface area contributed by atoms with Crippen LogP contribution < -0.4 is 9.47 Å². The van der Waals surface area contributed by atoms with Gasteiger partial charge in [-0.15, -0.1) is 0 Å². The van der Waals surface area contributed by atoms with E-state index in [0.717, 1.165) is 42.1 Å². The fourth-order valence-corrected chi connectivity index (χ4v) is 3.82. The van der Waals surface area contributed by atoms with Gasteiger partial charge in [-0.3, -0.25) is 14.8 Å². The van der Waals surface area contributed by atoms with Gasteiger partial charge in [0.2, 0.25) is 0 Å². The van der Waals surface area contributed by atoms with Gasteiger partial charge >= 0.3 is 0 Å². The monoisotopic (exact) mass is 403 g/mol. The van der Waals surface area contributed by atoms with Crippen molar-refractivity contribution in [2.45, 2.75) is 18.8 Å². The van der Waals surface area contributed by atoms with Crippen LogP contribution in [0.25, 0.3) is 11.3 Å². The van der Waals surface area contributed by atoms with Crippen LogP contribution in [0.1, 0.15) is 24.5 Å². The summed E-state index contributed by atoms with van der Waals surface area (Å²) in [5.41, 5.74) is 2.73. The number of piperidine rings is 1. The van der Waals surface area contributed by atoms with E-state index in [9.17, 15) is 4.79 Å². The number of rotatable bonds is 6. The first-order chi connectivity index (χ1) is 14.7. The van der Waals surface area contributed by atoms with Gasteiger partial charge in [-0.25, -0.2) is 0 Å². The molecule has 1 aliphatic rings. The van der Waals surface area contributed by atoms with Crippen LogP contribution in [-0.4, -0.2) is 47.6 Å². The van der Waals surface area contributed by atoms with E-state index >= 15 is 0 Å². The summed E-state index contributed by atoms with van der Waals surface area (Å²) in [6, 6.07) is 17.2. The largest absolute Gasteiger partial charge is 0.497 e. The molecule has 0 saturated carbocycles. The van der Waals surface area contributed by atoms with Crippen molar-refractivity contribution in [3.8, 4) is 22.8 Å². The maximum absolute atomic E-state index is 12.7. The maximum Gasteiger partial charge on any atom is 0.260 e. The number of benzene rings is 2. The standard InChI is InChI=1S/C24H25N3O3/c1-29-21-11-5-7-18(15-21)23-24(26-13-12-25-23)19-8-6-14-27(16-19)22(28)17-30-20-9-3-2-4-10-20/h2-5,7,9-13,15,19H,6,8,14,16-17H2,1H3. The summed E-state index contributed by atoms with van der Waals surface area (Å²) >= 11 is 0. The molecule has 0 aliphatic carbocycles. The highest BCUT2D eigenvalue weighted by Crippen LogP contribution is 2.33. The van der Waals surface area contributed by atoms with Crippen LogP contribution in [0.2, 0.25) is 0 Å². The lowest BCUT2D eigenvalue weighted by Gasteiger charge is -2.33. The molecule has 2 aromatic carbocycles. The van der Waals surface area contributed by atoms with Gasteiger partial charge in [-0.2, -0.15) is 0 Å². The first kappa shape index (κ1) is 19.9. The topological polar surface area (TPSA) is 64.6 Å². The predicted molar refractivity (Wildman–Crippen MR) is 115 cm³/mol. The molecule has 1 atom stereocenters. The number of aromatic nitrogens is 2. The average molecular weight is 403 g/mol. The lowest BCUT2D eigenvalue weighted by molar-refractivity contribution is -0.134. The molecule has 1 saturated heterocycles. The van der Waals surface area contributed by atoms with Crippen molar-refractivity contribution >= 4 is 5.91 Å². The Morgan fingerprint density at radius 2 is 1.87 bits per heavy atom. The molecular formula is C24H25N3O3. The highest BCUT2D eigenvalue weighted by molar-refractivity contribution is 5.78. The molecular weight excluding hydrogens is 378 g/mol. The molecule has 2 heterocycles. The van der Waals surface area contributed by atoms with Crippen LogP contribution in [-0.2, 0) is 4.79 Å². The number of likely N-dealkylation sites (tertiary alicyclic amines) is 1. The zero-order chi connectivity index (χ0) is 20.8. The van der Waals surface area contributed by atoms with Gasteiger partial charge in [-0.1, -0.05) is 30.3 Å². The molecule has 6 heteroatoms. The van der Waals surface area contributed by atoms with E-state index in [0.29, 0.717) is 12.3 Å². The number of hydrogen-bond acceptors (Lipinski definition) is 5. The molecule has 0 spiro atoms. The van der Waals surface area contributed by atoms with Gasteiger partial charge in [0.25, 0.3) is 5.91 Å². The molecule has 1 amide bonds. The molecule has 6 nitrogen and oxygen atoms in total. The second-order valence-corrected chi connectivity index (χ2v) is 7.30. The highest BCUT2D eigenvalue weighted by Gasteiger charge is 2.28. The van der Waals surface area contributed by atoms with Crippen LogP contribution in [0, 0.1) is 0 Å². The van der Waals surface area contributed by atoms with Crippen molar-refractivity contribution in [3.63, 3.8) is 0 Å². The van der Waals surface area contributed by atoms with Crippen molar-refractivity contribution in [2.75, 3.05) is 26.8 Å². The van der Waals surface area contributed by atoms with Gasteiger partial charge in [-0.05, 0) is 37.1 Å². The molecule has 0 N–H and O–H groups in total. The lowest BCUT2D eigenvalue weighted by Crippen LogP contribution is -2.41. The van der Waals surface area contributed by atoms with Crippen molar-refractivity contribution in [1.29, 1.82) is 0 Å². The Morgan fingerprint density at radius 3 is 2.70 bits per heavy atom. The van der Waals surface area contributed by atoms with Crippen LogP contribution in [0.15, 0.2) is 67.0 Å². The van der Waals surface area contributed by atoms with Crippen LogP contribution in [0.5, 0.6) is 11.5 Å². The SMILES string of the molecule is COc1cccc(-c2nccnc2C2CCCN(C(=O)COc3ccccc3)C2)c1. The number of methoxy groups -OCH3 is 1. The Morgan fingerprint density at radius 1 is 1.07 bits per heavy atom. The lowest BCUT2D eigenvalue weighted by atomic mass is 9.91. The summed E-state index contributed by atoms with van der Waals surface area (Å²) in [5.74, 6) is 1.61. The number of carbonyl (C=O) groups excluding carboxylic acids is 1. The Kier molecular flexibility index (Phi) is 6.23. The Balaban J connectivity index is 1.49. The minimum absolute atomic E-state index is 0.00428. The van der Waals surface area contributed by atoms with E-state index in [1.165, 1.54) is 0 Å². The Bertz CT molecular complexity index is 994. The zero-order valence-corrected chi connectivity index (χ0v) is 17.0. The fraction of sp³-hybridized carbons (Fsp3) is 0.292. The van der Waals surface area contributed by atoms with Crippen molar-refractivity contribution in [1.82, 2.24) is 14.9 Å². The number of carbonyl (C=O) groups is 1. The summed E-state index contributed by atoms with van der Waals surface area (Å²) in [6.07, 6.45) is 5.32. The summed E-state index contributed by atoms with van der Waals surface area (Å²) in [5, 5.41) is 0. The Hall–Kier alpha value is -3.41. The third kappa shape index (κ3) is 4.59. The Labute approximate surface area is 176 Å². The molecule has 1 unspecified atom stereocenters. The third-order valence-electron chi connectivity index (χ3n) is 5.34. The van der Waals surface area contributed by atoms with Gasteiger partial charge < -0.3 is 14.4 Å². The van der Waals surface area contributed by atoms with Gasteiger partial charge in [0.05, 0.1) is 18.5 Å². The van der Waals surface area contributed by atoms with E-state index in [-0.39, 0.29) is 18.4 Å². The summed E-state index contributed by atoms with van der Waals surface area (Å²) < 4.78 is 11.0. The van der Waals surface area contributed by atoms with Crippen LogP contribution in [0.3, 0.4) is 0 Å². The fourth-order valence-electron chi connectivity index (χ4n) is 3.82. The number of para-hydroxylation sites is 1. The first-order valence-electron chi connectivity index (χ1n) is 10.2. The van der Waals surface area contributed by atoms with Crippen LogP contribution >= 0.6 is 0 Å². The third-order valence-corrected chi connectivity index (χ3v) is 5.34. The van der Waals surface area contributed by atoms with Gasteiger partial charge in [0.1, 0.15) is 11.5 Å². The molecule has 3 aromatic rings. The summed E-state index contributed by atoms with van der Waals surface area (Å²) in [7, 11) is 1.65. The van der Waals surface area contributed by atoms with E-state index in [4.69, 9.17) is 9.47 Å². The second-order valence-electron chi connectivity index (χ2n) is 7.30. The quantitative estimate of drug-likeness (QED) is 0.624. The summed E-state index contributed by atoms with van der Waals surface area (Å²) in [4.78, 5) is 23.9. The van der Waals surface area contributed by atoms with Gasteiger partial charge in [0, 0.05) is 37.0 Å². The molecule has 0 bridgehead atoms. The average Bonchev–Trinajstić information content (AvgIpc) is 2.83. The zero-order valence-electron chi connectivity index (χ0n) is 17.0. The minimum Gasteiger partial charge on any atom is -0.497 e. The first-order valence-corrected chi connectivity index (χ1v) is 10.2. The smallest absolute Gasteiger partial charge is 0.260 e. The van der Waals surface area contributed by atoms with E-state index in [2.05, 4.69) is 9.97 Å². The van der Waals surface area contributed by atoms with Crippen molar-refractivity contribution in [2.24, 2.45) is 0 Å². The van der Waals surface area contributed by atoms with Crippen molar-refractivity contribution in [3.05, 3.63) is 72.7 Å². The van der Waals surface area contributed by atoms with Gasteiger partial charge in [0.15, 0.2) is 6.61 Å². The van der Waals surface area contributed by atoms with Crippen molar-refractivity contribution < 1.29 is 14.3 Å². The van der Waals surface area contributed by atoms with E-state index < -0.39 is 0 Å².